The number of hydrogen-bond donors (Lipinski definition) is 3. The molecule has 14 heavy (non-hydrogen) atoms. The van der Waals surface area contributed by atoms with Crippen LogP contribution in [0.25, 0.3) is 0 Å². The zero-order chi connectivity index (χ0) is 11.0. The molecule has 0 bridgehead atoms. The van der Waals surface area contributed by atoms with Gasteiger partial charge in [0.05, 0.1) is 6.04 Å². The molecule has 0 aromatic carbocycles. The summed E-state index contributed by atoms with van der Waals surface area (Å²) in [5.41, 5.74) is 5.64. The molecular weight excluding hydrogens is 180 g/mol. The van der Waals surface area contributed by atoms with Gasteiger partial charge in [-0.05, 0) is 26.2 Å². The van der Waals surface area contributed by atoms with E-state index in [0.717, 1.165) is 19.3 Å². The molecular formula is C10H22N2O2. The second-order valence-corrected chi connectivity index (χ2v) is 3.67. The highest BCUT2D eigenvalue weighted by Crippen LogP contribution is 1.98. The standard InChI is InChI=1S/C10H22N2O2/c1-3-5-9(11)10(14)12-8(2)6-4-7-13/h8-9,13H,3-7,11H2,1-2H3,(H,12,14). The van der Waals surface area contributed by atoms with Gasteiger partial charge in [0.15, 0.2) is 0 Å². The molecule has 0 aromatic heterocycles. The molecule has 0 aliphatic carbocycles. The lowest BCUT2D eigenvalue weighted by Crippen LogP contribution is -2.44. The van der Waals surface area contributed by atoms with Crippen molar-refractivity contribution in [2.75, 3.05) is 6.61 Å². The number of nitrogens with two attached hydrogens (primary N) is 1. The summed E-state index contributed by atoms with van der Waals surface area (Å²) in [6, 6.07) is -0.297. The van der Waals surface area contributed by atoms with E-state index in [1.165, 1.54) is 0 Å². The number of rotatable bonds is 7. The molecule has 0 radical (unpaired) electrons. The summed E-state index contributed by atoms with van der Waals surface area (Å²) >= 11 is 0. The fourth-order valence-electron chi connectivity index (χ4n) is 1.26. The van der Waals surface area contributed by atoms with Gasteiger partial charge < -0.3 is 16.2 Å². The Morgan fingerprint density at radius 2 is 2.14 bits per heavy atom. The van der Waals surface area contributed by atoms with Crippen LogP contribution in [0.4, 0.5) is 0 Å². The first-order chi connectivity index (χ1) is 6.61. The van der Waals surface area contributed by atoms with Crippen LogP contribution in [0.3, 0.4) is 0 Å². The Hall–Kier alpha value is -0.610. The third-order valence-corrected chi connectivity index (χ3v) is 2.12. The van der Waals surface area contributed by atoms with E-state index >= 15 is 0 Å². The Balaban J connectivity index is 3.69. The van der Waals surface area contributed by atoms with Gasteiger partial charge in [-0.3, -0.25) is 4.79 Å². The second-order valence-electron chi connectivity index (χ2n) is 3.67. The number of aliphatic hydroxyl groups is 1. The Morgan fingerprint density at radius 1 is 1.50 bits per heavy atom. The second kappa shape index (κ2) is 7.76. The third-order valence-electron chi connectivity index (χ3n) is 2.12. The highest BCUT2D eigenvalue weighted by atomic mass is 16.2. The SMILES string of the molecule is CCCC(N)C(=O)NC(C)CCCO. The van der Waals surface area contributed by atoms with E-state index in [1.54, 1.807) is 0 Å². The number of nitrogens with one attached hydrogen (secondary N) is 1. The molecule has 0 aromatic rings. The maximum Gasteiger partial charge on any atom is 0.237 e. The van der Waals surface area contributed by atoms with Crippen molar-refractivity contribution in [3.63, 3.8) is 0 Å². The minimum absolute atomic E-state index is 0.0858. The molecule has 0 fully saturated rings. The van der Waals surface area contributed by atoms with Crippen molar-refractivity contribution in [1.29, 1.82) is 0 Å². The normalized spacial score (nSPS) is 14.9. The molecule has 2 atom stereocenters. The Morgan fingerprint density at radius 3 is 2.64 bits per heavy atom. The Kier molecular flexibility index (Phi) is 7.42. The molecule has 0 rings (SSSR count). The summed E-state index contributed by atoms with van der Waals surface area (Å²) in [6.45, 7) is 4.09. The predicted molar refractivity (Wildman–Crippen MR) is 56.8 cm³/mol. The average molecular weight is 202 g/mol. The predicted octanol–water partition coefficient (Wildman–Crippen LogP) is 0.391. The Labute approximate surface area is 85.9 Å². The highest BCUT2D eigenvalue weighted by molar-refractivity contribution is 5.81. The number of amides is 1. The van der Waals surface area contributed by atoms with Crippen LogP contribution in [-0.2, 0) is 4.79 Å². The van der Waals surface area contributed by atoms with E-state index < -0.39 is 6.04 Å². The summed E-state index contributed by atoms with van der Waals surface area (Å²) in [4.78, 5) is 11.4. The smallest absolute Gasteiger partial charge is 0.237 e. The van der Waals surface area contributed by atoms with Crippen molar-refractivity contribution < 1.29 is 9.90 Å². The quantitative estimate of drug-likeness (QED) is 0.559. The van der Waals surface area contributed by atoms with E-state index in [0.29, 0.717) is 6.42 Å². The van der Waals surface area contributed by atoms with Crippen molar-refractivity contribution in [3.8, 4) is 0 Å². The third kappa shape index (κ3) is 5.94. The van der Waals surface area contributed by atoms with Gasteiger partial charge in [0.2, 0.25) is 5.91 Å². The molecule has 4 nitrogen and oxygen atoms in total. The molecule has 0 heterocycles. The van der Waals surface area contributed by atoms with Crippen LogP contribution in [0.5, 0.6) is 0 Å². The van der Waals surface area contributed by atoms with Gasteiger partial charge in [0.25, 0.3) is 0 Å². The number of hydrogen-bond acceptors (Lipinski definition) is 3. The summed E-state index contributed by atoms with van der Waals surface area (Å²) in [6.07, 6.45) is 3.14. The van der Waals surface area contributed by atoms with Crippen LogP contribution in [0.1, 0.15) is 39.5 Å². The van der Waals surface area contributed by atoms with E-state index in [9.17, 15) is 4.79 Å². The van der Waals surface area contributed by atoms with Crippen molar-refractivity contribution in [1.82, 2.24) is 5.32 Å². The van der Waals surface area contributed by atoms with Crippen LogP contribution in [0.2, 0.25) is 0 Å². The summed E-state index contributed by atoms with van der Waals surface area (Å²) in [5, 5.41) is 11.4. The largest absolute Gasteiger partial charge is 0.396 e. The van der Waals surface area contributed by atoms with Gasteiger partial charge in [-0.2, -0.15) is 0 Å². The van der Waals surface area contributed by atoms with Crippen molar-refractivity contribution in [2.45, 2.75) is 51.6 Å². The summed E-state index contributed by atoms with van der Waals surface area (Å²) in [5.74, 6) is -0.0858. The van der Waals surface area contributed by atoms with Gasteiger partial charge in [0, 0.05) is 12.6 Å². The molecule has 0 saturated heterocycles. The molecule has 0 aliphatic heterocycles. The molecule has 0 spiro atoms. The van der Waals surface area contributed by atoms with Crippen molar-refractivity contribution >= 4 is 5.91 Å². The fourth-order valence-corrected chi connectivity index (χ4v) is 1.26. The summed E-state index contributed by atoms with van der Waals surface area (Å²) in [7, 11) is 0. The topological polar surface area (TPSA) is 75.4 Å². The maximum absolute atomic E-state index is 11.4. The maximum atomic E-state index is 11.4. The first kappa shape index (κ1) is 13.4. The zero-order valence-corrected chi connectivity index (χ0v) is 9.12. The zero-order valence-electron chi connectivity index (χ0n) is 9.12. The number of aliphatic hydroxyl groups excluding tert-OH is 1. The van der Waals surface area contributed by atoms with Crippen LogP contribution < -0.4 is 11.1 Å². The van der Waals surface area contributed by atoms with Gasteiger partial charge >= 0.3 is 0 Å². The first-order valence-electron chi connectivity index (χ1n) is 5.28. The Bertz CT molecular complexity index is 162. The summed E-state index contributed by atoms with van der Waals surface area (Å²) < 4.78 is 0. The minimum atomic E-state index is -0.392. The molecule has 4 N–H and O–H groups in total. The van der Waals surface area contributed by atoms with Crippen LogP contribution >= 0.6 is 0 Å². The van der Waals surface area contributed by atoms with Crippen molar-refractivity contribution in [2.24, 2.45) is 5.73 Å². The van der Waals surface area contributed by atoms with Crippen molar-refractivity contribution in [3.05, 3.63) is 0 Å². The van der Waals surface area contributed by atoms with Crippen LogP contribution in [0, 0.1) is 0 Å². The van der Waals surface area contributed by atoms with Gasteiger partial charge in [-0.1, -0.05) is 13.3 Å². The average Bonchev–Trinajstić information content (AvgIpc) is 2.15. The number of carbonyl (C=O) groups excluding carboxylic acids is 1. The van der Waals surface area contributed by atoms with E-state index in [4.69, 9.17) is 10.8 Å². The minimum Gasteiger partial charge on any atom is -0.396 e. The monoisotopic (exact) mass is 202 g/mol. The molecule has 84 valence electrons. The van der Waals surface area contributed by atoms with Crippen LogP contribution in [-0.4, -0.2) is 29.7 Å². The van der Waals surface area contributed by atoms with Gasteiger partial charge in [0.1, 0.15) is 0 Å². The molecule has 1 amide bonds. The van der Waals surface area contributed by atoms with E-state index in [-0.39, 0.29) is 18.6 Å². The highest BCUT2D eigenvalue weighted by Gasteiger charge is 2.13. The van der Waals surface area contributed by atoms with Gasteiger partial charge in [-0.25, -0.2) is 0 Å². The van der Waals surface area contributed by atoms with Gasteiger partial charge in [-0.15, -0.1) is 0 Å². The molecule has 0 saturated carbocycles. The lowest BCUT2D eigenvalue weighted by molar-refractivity contribution is -0.123. The molecule has 2 unspecified atom stereocenters. The van der Waals surface area contributed by atoms with Crippen LogP contribution in [0.15, 0.2) is 0 Å². The first-order valence-corrected chi connectivity index (χ1v) is 5.28. The molecule has 4 heteroatoms. The molecule has 0 aliphatic rings. The lowest BCUT2D eigenvalue weighted by atomic mass is 10.1. The number of carbonyl (C=O) groups is 1. The fraction of sp³-hybridized carbons (Fsp3) is 0.900. The van der Waals surface area contributed by atoms with E-state index in [1.807, 2.05) is 13.8 Å². The van der Waals surface area contributed by atoms with E-state index in [2.05, 4.69) is 5.32 Å². The lowest BCUT2D eigenvalue weighted by Gasteiger charge is -2.16.